The Kier molecular flexibility index (Phi) is 2.07. The van der Waals surface area contributed by atoms with Crippen molar-refractivity contribution in [3.8, 4) is 0 Å². The molecule has 1 aliphatic carbocycles. The molecule has 0 spiro atoms. The van der Waals surface area contributed by atoms with E-state index >= 15 is 0 Å². The van der Waals surface area contributed by atoms with Gasteiger partial charge in [-0.2, -0.15) is 10.2 Å². The smallest absolute Gasteiger partial charge is 0.0693 e. The fourth-order valence-electron chi connectivity index (χ4n) is 1.55. The number of hydrogen-bond donors (Lipinski definition) is 0. The van der Waals surface area contributed by atoms with Crippen LogP contribution in [0.25, 0.3) is 0 Å². The molecule has 1 saturated carbocycles. The van der Waals surface area contributed by atoms with Gasteiger partial charge in [-0.25, -0.2) is 0 Å². The maximum Gasteiger partial charge on any atom is 0.0693 e. The van der Waals surface area contributed by atoms with Gasteiger partial charge in [-0.1, -0.05) is 13.3 Å². The van der Waals surface area contributed by atoms with Crippen LogP contribution in [-0.2, 0) is 6.42 Å². The number of aromatic nitrogens is 2. The van der Waals surface area contributed by atoms with Crippen molar-refractivity contribution >= 4 is 0 Å². The molecular weight excluding hydrogens is 148 g/mol. The molecule has 0 saturated heterocycles. The second-order valence-corrected chi connectivity index (χ2v) is 3.47. The Morgan fingerprint density at radius 3 is 3.00 bits per heavy atom. The summed E-state index contributed by atoms with van der Waals surface area (Å²) < 4.78 is 0. The normalized spacial score (nSPS) is 16.4. The summed E-state index contributed by atoms with van der Waals surface area (Å²) in [7, 11) is 0. The molecule has 0 aromatic carbocycles. The van der Waals surface area contributed by atoms with Gasteiger partial charge in [0.1, 0.15) is 0 Å². The average Bonchev–Trinajstić information content (AvgIpc) is 2.89. The first-order valence-electron chi connectivity index (χ1n) is 4.72. The van der Waals surface area contributed by atoms with E-state index in [1.54, 1.807) is 6.20 Å². The molecule has 0 bridgehead atoms. The van der Waals surface area contributed by atoms with Crippen LogP contribution in [0.4, 0.5) is 0 Å². The Bertz CT molecular complexity index is 266. The van der Waals surface area contributed by atoms with Crippen molar-refractivity contribution in [1.82, 2.24) is 10.2 Å². The van der Waals surface area contributed by atoms with Crippen LogP contribution in [-0.4, -0.2) is 10.2 Å². The molecule has 1 aliphatic rings. The highest BCUT2D eigenvalue weighted by atomic mass is 15.1. The number of nitrogens with zero attached hydrogens (tertiary/aromatic N) is 2. The van der Waals surface area contributed by atoms with Crippen LogP contribution < -0.4 is 0 Å². The maximum atomic E-state index is 4.21. The van der Waals surface area contributed by atoms with Crippen molar-refractivity contribution in [1.29, 1.82) is 0 Å². The molecule has 2 rings (SSSR count). The molecule has 1 fully saturated rings. The SMILES string of the molecule is CCCc1ccnnc1C1CC1. The van der Waals surface area contributed by atoms with E-state index in [4.69, 9.17) is 0 Å². The van der Waals surface area contributed by atoms with Crippen molar-refractivity contribution < 1.29 is 0 Å². The topological polar surface area (TPSA) is 25.8 Å². The number of hydrogen-bond acceptors (Lipinski definition) is 2. The molecule has 1 aromatic heterocycles. The zero-order valence-corrected chi connectivity index (χ0v) is 7.45. The second-order valence-electron chi connectivity index (χ2n) is 3.47. The van der Waals surface area contributed by atoms with E-state index in [9.17, 15) is 0 Å². The van der Waals surface area contributed by atoms with Crippen LogP contribution in [0.15, 0.2) is 12.3 Å². The van der Waals surface area contributed by atoms with Gasteiger partial charge in [-0.15, -0.1) is 0 Å². The van der Waals surface area contributed by atoms with Crippen LogP contribution in [0.1, 0.15) is 43.4 Å². The molecule has 0 unspecified atom stereocenters. The van der Waals surface area contributed by atoms with E-state index in [0.717, 1.165) is 12.3 Å². The summed E-state index contributed by atoms with van der Waals surface area (Å²) in [6.45, 7) is 2.21. The highest BCUT2D eigenvalue weighted by molar-refractivity contribution is 5.24. The Morgan fingerprint density at radius 2 is 2.33 bits per heavy atom. The van der Waals surface area contributed by atoms with E-state index in [0.29, 0.717) is 0 Å². The van der Waals surface area contributed by atoms with E-state index < -0.39 is 0 Å². The minimum atomic E-state index is 0.736. The van der Waals surface area contributed by atoms with Gasteiger partial charge in [0.2, 0.25) is 0 Å². The van der Waals surface area contributed by atoms with Crippen molar-refractivity contribution in [2.24, 2.45) is 0 Å². The van der Waals surface area contributed by atoms with Crippen LogP contribution in [0.3, 0.4) is 0 Å². The molecule has 1 aromatic rings. The van der Waals surface area contributed by atoms with E-state index in [2.05, 4.69) is 23.2 Å². The highest BCUT2D eigenvalue weighted by Crippen LogP contribution is 2.40. The lowest BCUT2D eigenvalue weighted by Gasteiger charge is -2.03. The zero-order valence-electron chi connectivity index (χ0n) is 7.45. The summed E-state index contributed by atoms with van der Waals surface area (Å²) in [5.74, 6) is 0.736. The monoisotopic (exact) mass is 162 g/mol. The van der Waals surface area contributed by atoms with Gasteiger partial charge in [-0.05, 0) is 30.9 Å². The molecule has 12 heavy (non-hydrogen) atoms. The van der Waals surface area contributed by atoms with Gasteiger partial charge in [0.05, 0.1) is 5.69 Å². The summed E-state index contributed by atoms with van der Waals surface area (Å²) in [5.41, 5.74) is 2.68. The third-order valence-corrected chi connectivity index (χ3v) is 2.32. The van der Waals surface area contributed by atoms with Crippen molar-refractivity contribution in [2.75, 3.05) is 0 Å². The first-order valence-corrected chi connectivity index (χ1v) is 4.72. The molecule has 0 amide bonds. The predicted molar refractivity (Wildman–Crippen MR) is 48.0 cm³/mol. The van der Waals surface area contributed by atoms with Gasteiger partial charge < -0.3 is 0 Å². The Morgan fingerprint density at radius 1 is 1.50 bits per heavy atom. The van der Waals surface area contributed by atoms with E-state index in [1.165, 1.54) is 30.5 Å². The predicted octanol–water partition coefficient (Wildman–Crippen LogP) is 2.31. The van der Waals surface area contributed by atoms with Gasteiger partial charge in [0, 0.05) is 12.1 Å². The molecule has 0 radical (unpaired) electrons. The Labute approximate surface area is 73.0 Å². The average molecular weight is 162 g/mol. The fraction of sp³-hybridized carbons (Fsp3) is 0.600. The summed E-state index contributed by atoms with van der Waals surface area (Å²) >= 11 is 0. The van der Waals surface area contributed by atoms with Crippen LogP contribution in [0, 0.1) is 0 Å². The lowest BCUT2D eigenvalue weighted by Crippen LogP contribution is -1.97. The highest BCUT2D eigenvalue weighted by Gasteiger charge is 2.27. The standard InChI is InChI=1S/C10H14N2/c1-2-3-8-6-7-11-12-10(8)9-4-5-9/h6-7,9H,2-5H2,1H3. The molecule has 2 heteroatoms. The lowest BCUT2D eigenvalue weighted by molar-refractivity contribution is 0.830. The van der Waals surface area contributed by atoms with E-state index in [1.807, 2.05) is 0 Å². The molecule has 0 N–H and O–H groups in total. The third-order valence-electron chi connectivity index (χ3n) is 2.32. The van der Waals surface area contributed by atoms with Gasteiger partial charge in [0.25, 0.3) is 0 Å². The number of rotatable bonds is 3. The zero-order chi connectivity index (χ0) is 8.39. The van der Waals surface area contributed by atoms with Gasteiger partial charge >= 0.3 is 0 Å². The third kappa shape index (κ3) is 1.47. The van der Waals surface area contributed by atoms with Crippen LogP contribution >= 0.6 is 0 Å². The van der Waals surface area contributed by atoms with Gasteiger partial charge in [-0.3, -0.25) is 0 Å². The molecular formula is C10H14N2. The van der Waals surface area contributed by atoms with Crippen LogP contribution in [0.5, 0.6) is 0 Å². The summed E-state index contributed by atoms with van der Waals surface area (Å²) in [6.07, 6.45) is 6.79. The minimum Gasteiger partial charge on any atom is -0.159 e. The molecule has 1 heterocycles. The Balaban J connectivity index is 2.24. The maximum absolute atomic E-state index is 4.21. The first-order chi connectivity index (χ1) is 5.92. The summed E-state index contributed by atoms with van der Waals surface area (Å²) in [6, 6.07) is 2.12. The van der Waals surface area contributed by atoms with E-state index in [-0.39, 0.29) is 0 Å². The van der Waals surface area contributed by atoms with Crippen molar-refractivity contribution in [3.63, 3.8) is 0 Å². The Hall–Kier alpha value is -0.920. The largest absolute Gasteiger partial charge is 0.159 e. The quantitative estimate of drug-likeness (QED) is 0.681. The van der Waals surface area contributed by atoms with Crippen LogP contribution in [0.2, 0.25) is 0 Å². The summed E-state index contributed by atoms with van der Waals surface area (Å²) in [5, 5.41) is 8.15. The summed E-state index contributed by atoms with van der Waals surface area (Å²) in [4.78, 5) is 0. The molecule has 0 atom stereocenters. The fourth-order valence-corrected chi connectivity index (χ4v) is 1.55. The second kappa shape index (κ2) is 3.21. The number of aryl methyl sites for hydroxylation is 1. The molecule has 64 valence electrons. The first kappa shape index (κ1) is 7.71. The van der Waals surface area contributed by atoms with Crippen molar-refractivity contribution in [2.45, 2.75) is 38.5 Å². The molecule has 0 aliphatic heterocycles. The molecule has 2 nitrogen and oxygen atoms in total. The minimum absolute atomic E-state index is 0.736. The van der Waals surface area contributed by atoms with Crippen molar-refractivity contribution in [3.05, 3.63) is 23.5 Å². The lowest BCUT2D eigenvalue weighted by atomic mass is 10.1. The van der Waals surface area contributed by atoms with Gasteiger partial charge in [0.15, 0.2) is 0 Å².